The van der Waals surface area contributed by atoms with Crippen LogP contribution in [0.25, 0.3) is 0 Å². The average molecular weight is 278 g/mol. The van der Waals surface area contributed by atoms with Crippen LogP contribution in [0.2, 0.25) is 5.02 Å². The maximum Gasteiger partial charge on any atom is 0.130 e. The van der Waals surface area contributed by atoms with Crippen molar-refractivity contribution in [2.75, 3.05) is 0 Å². The Labute approximate surface area is 117 Å². The van der Waals surface area contributed by atoms with Crippen molar-refractivity contribution < 1.29 is 9.84 Å². The summed E-state index contributed by atoms with van der Waals surface area (Å²) in [5, 5.41) is 10.3. The maximum absolute atomic E-state index is 9.73. The van der Waals surface area contributed by atoms with E-state index < -0.39 is 6.10 Å². The largest absolute Gasteiger partial charge is 0.487 e. The molecular formula is C15H16ClNO2. The SMILES string of the molecule is Cc1cccnc1COc1ccc(Cl)cc1[C@H](C)O. The van der Waals surface area contributed by atoms with Gasteiger partial charge in [0.2, 0.25) is 0 Å². The molecule has 3 nitrogen and oxygen atoms in total. The molecule has 0 amide bonds. The summed E-state index contributed by atoms with van der Waals surface area (Å²) in [6.07, 6.45) is 1.11. The van der Waals surface area contributed by atoms with Crippen molar-refractivity contribution in [2.24, 2.45) is 0 Å². The molecule has 19 heavy (non-hydrogen) atoms. The van der Waals surface area contributed by atoms with Gasteiger partial charge in [0.15, 0.2) is 0 Å². The van der Waals surface area contributed by atoms with Gasteiger partial charge in [-0.1, -0.05) is 17.7 Å². The Balaban J connectivity index is 2.18. The quantitative estimate of drug-likeness (QED) is 0.927. The predicted molar refractivity (Wildman–Crippen MR) is 75.4 cm³/mol. The summed E-state index contributed by atoms with van der Waals surface area (Å²) >= 11 is 5.92. The van der Waals surface area contributed by atoms with Gasteiger partial charge in [-0.2, -0.15) is 0 Å². The highest BCUT2D eigenvalue weighted by Gasteiger charge is 2.10. The first-order chi connectivity index (χ1) is 9.08. The number of hydrogen-bond donors (Lipinski definition) is 1. The van der Waals surface area contributed by atoms with Gasteiger partial charge in [0.1, 0.15) is 12.4 Å². The smallest absolute Gasteiger partial charge is 0.130 e. The maximum atomic E-state index is 9.73. The van der Waals surface area contributed by atoms with E-state index in [-0.39, 0.29) is 0 Å². The molecule has 0 radical (unpaired) electrons. The molecule has 1 N–H and O–H groups in total. The first-order valence-corrected chi connectivity index (χ1v) is 6.46. The van der Waals surface area contributed by atoms with Crippen LogP contribution in [0, 0.1) is 6.92 Å². The summed E-state index contributed by atoms with van der Waals surface area (Å²) in [5.74, 6) is 0.629. The van der Waals surface area contributed by atoms with Gasteiger partial charge in [-0.05, 0) is 43.7 Å². The Kier molecular flexibility index (Phi) is 4.40. The lowest BCUT2D eigenvalue weighted by molar-refractivity contribution is 0.190. The van der Waals surface area contributed by atoms with E-state index in [2.05, 4.69) is 4.98 Å². The van der Waals surface area contributed by atoms with Crippen LogP contribution in [0.3, 0.4) is 0 Å². The number of aliphatic hydroxyl groups excluding tert-OH is 1. The van der Waals surface area contributed by atoms with Gasteiger partial charge in [0, 0.05) is 16.8 Å². The zero-order valence-electron chi connectivity index (χ0n) is 10.9. The zero-order chi connectivity index (χ0) is 13.8. The summed E-state index contributed by atoms with van der Waals surface area (Å²) in [6.45, 7) is 4.04. The van der Waals surface area contributed by atoms with E-state index in [4.69, 9.17) is 16.3 Å². The van der Waals surface area contributed by atoms with Crippen LogP contribution < -0.4 is 4.74 Å². The van der Waals surface area contributed by atoms with E-state index in [1.165, 1.54) is 0 Å². The highest BCUT2D eigenvalue weighted by atomic mass is 35.5. The highest BCUT2D eigenvalue weighted by Crippen LogP contribution is 2.28. The summed E-state index contributed by atoms with van der Waals surface area (Å²) in [6, 6.07) is 9.11. The molecule has 100 valence electrons. The Morgan fingerprint density at radius 2 is 2.16 bits per heavy atom. The number of ether oxygens (including phenoxy) is 1. The van der Waals surface area contributed by atoms with Crippen LogP contribution in [0.15, 0.2) is 36.5 Å². The minimum absolute atomic E-state index is 0.369. The van der Waals surface area contributed by atoms with E-state index in [0.29, 0.717) is 22.9 Å². The van der Waals surface area contributed by atoms with Gasteiger partial charge in [0.25, 0.3) is 0 Å². The molecule has 0 aliphatic carbocycles. The number of hydrogen-bond acceptors (Lipinski definition) is 3. The van der Waals surface area contributed by atoms with Crippen LogP contribution >= 0.6 is 11.6 Å². The second-order valence-corrected chi connectivity index (χ2v) is 4.85. The molecule has 0 saturated heterocycles. The second kappa shape index (κ2) is 6.04. The fourth-order valence-corrected chi connectivity index (χ4v) is 1.97. The summed E-state index contributed by atoms with van der Waals surface area (Å²) in [4.78, 5) is 4.27. The molecule has 0 spiro atoms. The van der Waals surface area contributed by atoms with E-state index in [1.54, 1.807) is 31.3 Å². The molecule has 2 aromatic rings. The first kappa shape index (κ1) is 13.8. The van der Waals surface area contributed by atoms with Crippen molar-refractivity contribution in [2.45, 2.75) is 26.6 Å². The van der Waals surface area contributed by atoms with E-state index in [1.807, 2.05) is 19.1 Å². The van der Waals surface area contributed by atoms with E-state index >= 15 is 0 Å². The molecule has 1 aromatic carbocycles. The lowest BCUT2D eigenvalue weighted by atomic mass is 10.1. The molecule has 0 aliphatic rings. The normalized spacial score (nSPS) is 12.2. The van der Waals surface area contributed by atoms with Gasteiger partial charge < -0.3 is 9.84 Å². The van der Waals surface area contributed by atoms with Crippen molar-refractivity contribution in [1.82, 2.24) is 4.98 Å². The van der Waals surface area contributed by atoms with Crippen molar-refractivity contribution in [3.8, 4) is 5.75 Å². The van der Waals surface area contributed by atoms with Crippen LogP contribution in [0.4, 0.5) is 0 Å². The molecule has 1 aromatic heterocycles. The van der Waals surface area contributed by atoms with Crippen LogP contribution in [0.5, 0.6) is 5.75 Å². The third-order valence-electron chi connectivity index (χ3n) is 2.90. The Hall–Kier alpha value is -1.58. The minimum atomic E-state index is -0.626. The molecule has 0 unspecified atom stereocenters. The molecule has 1 atom stereocenters. The number of aromatic nitrogens is 1. The summed E-state index contributed by atoms with van der Waals surface area (Å²) < 4.78 is 5.74. The average Bonchev–Trinajstić information content (AvgIpc) is 2.38. The van der Waals surface area contributed by atoms with Gasteiger partial charge in [-0.3, -0.25) is 4.98 Å². The van der Waals surface area contributed by atoms with Crippen molar-refractivity contribution in [3.05, 3.63) is 58.4 Å². The van der Waals surface area contributed by atoms with Crippen molar-refractivity contribution in [1.29, 1.82) is 0 Å². The van der Waals surface area contributed by atoms with Crippen LogP contribution in [-0.2, 0) is 6.61 Å². The Morgan fingerprint density at radius 1 is 1.37 bits per heavy atom. The van der Waals surface area contributed by atoms with Crippen LogP contribution in [0.1, 0.15) is 29.8 Å². The molecule has 1 heterocycles. The third-order valence-corrected chi connectivity index (χ3v) is 3.14. The van der Waals surface area contributed by atoms with Gasteiger partial charge in [0.05, 0.1) is 11.8 Å². The standard InChI is InChI=1S/C15H16ClNO2/c1-10-4-3-7-17-14(10)9-19-15-6-5-12(16)8-13(15)11(2)18/h3-8,11,18H,9H2,1-2H3/t11-/m0/s1. The fraction of sp³-hybridized carbons (Fsp3) is 0.267. The van der Waals surface area contributed by atoms with Gasteiger partial charge >= 0.3 is 0 Å². The topological polar surface area (TPSA) is 42.4 Å². The molecule has 4 heteroatoms. The van der Waals surface area contributed by atoms with Gasteiger partial charge in [-0.15, -0.1) is 0 Å². The number of halogens is 1. The fourth-order valence-electron chi connectivity index (χ4n) is 1.79. The molecule has 0 aliphatic heterocycles. The van der Waals surface area contributed by atoms with Gasteiger partial charge in [-0.25, -0.2) is 0 Å². The number of nitrogens with zero attached hydrogens (tertiary/aromatic N) is 1. The molecule has 0 bridgehead atoms. The monoisotopic (exact) mass is 277 g/mol. The van der Waals surface area contributed by atoms with E-state index in [9.17, 15) is 5.11 Å². The number of aryl methyl sites for hydroxylation is 1. The third kappa shape index (κ3) is 3.46. The predicted octanol–water partition coefficient (Wildman–Crippen LogP) is 3.68. The molecular weight excluding hydrogens is 262 g/mol. The molecule has 2 rings (SSSR count). The van der Waals surface area contributed by atoms with Crippen LogP contribution in [-0.4, -0.2) is 10.1 Å². The number of aliphatic hydroxyl groups is 1. The Bertz CT molecular complexity index is 570. The summed E-state index contributed by atoms with van der Waals surface area (Å²) in [7, 11) is 0. The number of rotatable bonds is 4. The Morgan fingerprint density at radius 3 is 2.84 bits per heavy atom. The molecule has 0 fully saturated rings. The van der Waals surface area contributed by atoms with Crippen molar-refractivity contribution in [3.63, 3.8) is 0 Å². The lowest BCUT2D eigenvalue weighted by Gasteiger charge is -2.14. The van der Waals surface area contributed by atoms with Crippen molar-refractivity contribution >= 4 is 11.6 Å². The highest BCUT2D eigenvalue weighted by molar-refractivity contribution is 6.30. The number of benzene rings is 1. The zero-order valence-corrected chi connectivity index (χ0v) is 11.7. The van der Waals surface area contributed by atoms with E-state index in [0.717, 1.165) is 11.3 Å². The number of pyridine rings is 1. The second-order valence-electron chi connectivity index (χ2n) is 4.41. The first-order valence-electron chi connectivity index (χ1n) is 6.08. The summed E-state index contributed by atoms with van der Waals surface area (Å²) in [5.41, 5.74) is 2.64. The molecule has 0 saturated carbocycles. The lowest BCUT2D eigenvalue weighted by Crippen LogP contribution is -2.03. The minimum Gasteiger partial charge on any atom is -0.487 e.